The second-order valence-electron chi connectivity index (χ2n) is 5.63. The number of likely N-dealkylation sites (N-methyl/N-ethyl adjacent to an activating group) is 1. The van der Waals surface area contributed by atoms with Gasteiger partial charge in [0.15, 0.2) is 0 Å². The van der Waals surface area contributed by atoms with E-state index in [1.807, 2.05) is 13.0 Å². The summed E-state index contributed by atoms with van der Waals surface area (Å²) in [7, 11) is 1.51. The number of aryl methyl sites for hydroxylation is 2. The molecule has 0 aliphatic rings. The molecular weight excluding hydrogens is 320 g/mol. The number of H-pyrrole nitrogens is 1. The Morgan fingerprint density at radius 1 is 1.24 bits per heavy atom. The van der Waals surface area contributed by atoms with Gasteiger partial charge in [0.25, 0.3) is 5.56 Å². The lowest BCUT2D eigenvalue weighted by atomic mass is 10.1. The quantitative estimate of drug-likeness (QED) is 0.722. The maximum absolute atomic E-state index is 12.4. The first-order valence-corrected chi connectivity index (χ1v) is 8.10. The van der Waals surface area contributed by atoms with Crippen molar-refractivity contribution >= 4 is 11.8 Å². The maximum atomic E-state index is 12.4. The number of carbonyl (C=O) groups excluding carboxylic acids is 2. The highest BCUT2D eigenvalue weighted by Gasteiger charge is 2.22. The van der Waals surface area contributed by atoms with E-state index in [-0.39, 0.29) is 17.9 Å². The lowest BCUT2D eigenvalue weighted by molar-refractivity contribution is -0.128. The van der Waals surface area contributed by atoms with Gasteiger partial charge in [-0.05, 0) is 12.5 Å². The molecule has 0 saturated carbocycles. The van der Waals surface area contributed by atoms with Gasteiger partial charge in [0.1, 0.15) is 11.9 Å². The Labute approximate surface area is 145 Å². The molecule has 0 aliphatic heterocycles. The third-order valence-electron chi connectivity index (χ3n) is 3.89. The van der Waals surface area contributed by atoms with Crippen molar-refractivity contribution in [1.29, 1.82) is 0 Å². The van der Waals surface area contributed by atoms with Gasteiger partial charge in [0.05, 0.1) is 6.42 Å². The third-order valence-corrected chi connectivity index (χ3v) is 3.89. The van der Waals surface area contributed by atoms with Gasteiger partial charge in [-0.2, -0.15) is 0 Å². The highest BCUT2D eigenvalue weighted by atomic mass is 16.2. The van der Waals surface area contributed by atoms with E-state index in [4.69, 9.17) is 0 Å². The highest BCUT2D eigenvalue weighted by Crippen LogP contribution is 2.13. The molecule has 2 rings (SSSR count). The summed E-state index contributed by atoms with van der Waals surface area (Å²) in [5, 5.41) is 5.22. The molecule has 0 spiro atoms. The molecule has 0 bridgehead atoms. The van der Waals surface area contributed by atoms with E-state index in [1.165, 1.54) is 7.05 Å². The second-order valence-corrected chi connectivity index (χ2v) is 5.63. The van der Waals surface area contributed by atoms with Crippen molar-refractivity contribution in [2.24, 2.45) is 0 Å². The molecular formula is C18H22N4O3. The van der Waals surface area contributed by atoms with Crippen molar-refractivity contribution in [1.82, 2.24) is 20.6 Å². The Balaban J connectivity index is 2.20. The molecule has 1 heterocycles. The van der Waals surface area contributed by atoms with Crippen molar-refractivity contribution in [3.8, 4) is 0 Å². The molecule has 0 unspecified atom stereocenters. The number of aromatic amines is 1. The van der Waals surface area contributed by atoms with Crippen LogP contribution in [0.4, 0.5) is 0 Å². The van der Waals surface area contributed by atoms with Crippen LogP contribution >= 0.6 is 0 Å². The number of aromatic nitrogens is 2. The Bertz CT molecular complexity index is 815. The standard InChI is InChI=1S/C18H22N4O3/c1-4-14-20-11(2)13(17(24)21-14)10-15(23)22-16(18(25)19-3)12-8-6-5-7-9-12/h5-9,16H,4,10H2,1-3H3,(H,19,25)(H,22,23)(H,20,21,24)/t16-/m0/s1. The van der Waals surface area contributed by atoms with Crippen LogP contribution in [0.3, 0.4) is 0 Å². The van der Waals surface area contributed by atoms with Gasteiger partial charge in [0, 0.05) is 24.7 Å². The first kappa shape index (κ1) is 18.4. The van der Waals surface area contributed by atoms with E-state index < -0.39 is 11.9 Å². The van der Waals surface area contributed by atoms with Crippen LogP contribution in [0, 0.1) is 6.92 Å². The number of nitrogens with zero attached hydrogens (tertiary/aromatic N) is 1. The molecule has 1 aromatic carbocycles. The normalized spacial score (nSPS) is 11.6. The Morgan fingerprint density at radius 3 is 2.48 bits per heavy atom. The van der Waals surface area contributed by atoms with E-state index in [0.717, 1.165) is 0 Å². The van der Waals surface area contributed by atoms with Gasteiger partial charge in [-0.3, -0.25) is 14.4 Å². The highest BCUT2D eigenvalue weighted by molar-refractivity contribution is 5.89. The van der Waals surface area contributed by atoms with Crippen LogP contribution < -0.4 is 16.2 Å². The zero-order valence-electron chi connectivity index (χ0n) is 14.6. The van der Waals surface area contributed by atoms with E-state index in [1.54, 1.807) is 31.2 Å². The smallest absolute Gasteiger partial charge is 0.254 e. The zero-order chi connectivity index (χ0) is 18.4. The molecule has 2 amide bonds. The minimum atomic E-state index is -0.819. The Morgan fingerprint density at radius 2 is 1.92 bits per heavy atom. The van der Waals surface area contributed by atoms with Crippen LogP contribution in [0.2, 0.25) is 0 Å². The minimum Gasteiger partial charge on any atom is -0.357 e. The first-order chi connectivity index (χ1) is 12.0. The summed E-state index contributed by atoms with van der Waals surface area (Å²) in [6, 6.07) is 8.11. The summed E-state index contributed by atoms with van der Waals surface area (Å²) in [5.74, 6) is -0.166. The predicted octanol–water partition coefficient (Wildman–Crippen LogP) is 0.787. The summed E-state index contributed by atoms with van der Waals surface area (Å²) in [4.78, 5) is 43.6. The largest absolute Gasteiger partial charge is 0.357 e. The summed E-state index contributed by atoms with van der Waals surface area (Å²) >= 11 is 0. The Hall–Kier alpha value is -2.96. The minimum absolute atomic E-state index is 0.140. The average molecular weight is 342 g/mol. The van der Waals surface area contributed by atoms with Crippen LogP contribution in [-0.2, 0) is 22.4 Å². The fourth-order valence-corrected chi connectivity index (χ4v) is 2.51. The number of carbonyl (C=O) groups is 2. The summed E-state index contributed by atoms with van der Waals surface area (Å²) in [6.45, 7) is 3.59. The molecule has 7 heteroatoms. The molecule has 0 aliphatic carbocycles. The second kappa shape index (κ2) is 8.23. The number of amides is 2. The van der Waals surface area contributed by atoms with Gasteiger partial charge in [-0.1, -0.05) is 37.3 Å². The lowest BCUT2D eigenvalue weighted by Gasteiger charge is -2.18. The molecule has 25 heavy (non-hydrogen) atoms. The third kappa shape index (κ3) is 4.53. The molecule has 0 radical (unpaired) electrons. The molecule has 132 valence electrons. The van der Waals surface area contributed by atoms with E-state index in [9.17, 15) is 14.4 Å². The van der Waals surface area contributed by atoms with Gasteiger partial charge in [-0.15, -0.1) is 0 Å². The predicted molar refractivity (Wildman–Crippen MR) is 94.1 cm³/mol. The van der Waals surface area contributed by atoms with Crippen LogP contribution in [0.5, 0.6) is 0 Å². The van der Waals surface area contributed by atoms with Gasteiger partial charge in [0.2, 0.25) is 11.8 Å². The van der Waals surface area contributed by atoms with E-state index in [2.05, 4.69) is 20.6 Å². The molecule has 2 aromatic rings. The van der Waals surface area contributed by atoms with E-state index in [0.29, 0.717) is 29.1 Å². The number of hydrogen-bond donors (Lipinski definition) is 3. The SMILES string of the molecule is CCc1nc(C)c(CC(=O)N[C@H](C(=O)NC)c2ccccc2)c(=O)[nH]1. The zero-order valence-corrected chi connectivity index (χ0v) is 14.6. The molecule has 0 saturated heterocycles. The number of hydrogen-bond acceptors (Lipinski definition) is 4. The molecule has 0 fully saturated rings. The molecule has 1 aromatic heterocycles. The van der Waals surface area contributed by atoms with Crippen molar-refractivity contribution in [2.45, 2.75) is 32.7 Å². The van der Waals surface area contributed by atoms with Gasteiger partial charge in [-0.25, -0.2) is 4.98 Å². The molecule has 1 atom stereocenters. The Kier molecular flexibility index (Phi) is 6.05. The van der Waals surface area contributed by atoms with Crippen LogP contribution in [0.1, 0.15) is 35.6 Å². The van der Waals surface area contributed by atoms with Crippen molar-refractivity contribution < 1.29 is 9.59 Å². The van der Waals surface area contributed by atoms with Crippen LogP contribution in [-0.4, -0.2) is 28.8 Å². The summed E-state index contributed by atoms with van der Waals surface area (Å²) in [6.07, 6.45) is 0.466. The van der Waals surface area contributed by atoms with Crippen molar-refractivity contribution in [3.05, 3.63) is 63.3 Å². The summed E-state index contributed by atoms with van der Waals surface area (Å²) in [5.41, 5.74) is 1.17. The van der Waals surface area contributed by atoms with Crippen LogP contribution in [0.25, 0.3) is 0 Å². The van der Waals surface area contributed by atoms with Gasteiger partial charge < -0.3 is 15.6 Å². The van der Waals surface area contributed by atoms with Crippen molar-refractivity contribution in [3.63, 3.8) is 0 Å². The molecule has 3 N–H and O–H groups in total. The van der Waals surface area contributed by atoms with Crippen molar-refractivity contribution in [2.75, 3.05) is 7.05 Å². The number of nitrogens with one attached hydrogen (secondary N) is 3. The monoisotopic (exact) mass is 342 g/mol. The van der Waals surface area contributed by atoms with E-state index >= 15 is 0 Å². The molecule has 7 nitrogen and oxygen atoms in total. The topological polar surface area (TPSA) is 104 Å². The fraction of sp³-hybridized carbons (Fsp3) is 0.333. The number of rotatable bonds is 6. The number of benzene rings is 1. The average Bonchev–Trinajstić information content (AvgIpc) is 2.62. The lowest BCUT2D eigenvalue weighted by Crippen LogP contribution is -2.40. The maximum Gasteiger partial charge on any atom is 0.254 e. The fourth-order valence-electron chi connectivity index (χ4n) is 2.51. The summed E-state index contributed by atoms with van der Waals surface area (Å²) < 4.78 is 0. The first-order valence-electron chi connectivity index (χ1n) is 8.10. The van der Waals surface area contributed by atoms with Crippen LogP contribution in [0.15, 0.2) is 35.1 Å². The van der Waals surface area contributed by atoms with Gasteiger partial charge >= 0.3 is 0 Å².